The summed E-state index contributed by atoms with van der Waals surface area (Å²) >= 11 is 3.01. The van der Waals surface area contributed by atoms with Crippen molar-refractivity contribution >= 4 is 50.6 Å². The number of thiophene rings is 1. The number of piperidine rings is 1. The zero-order chi connectivity index (χ0) is 21.3. The summed E-state index contributed by atoms with van der Waals surface area (Å²) in [4.78, 5) is 26.5. The van der Waals surface area contributed by atoms with Crippen LogP contribution in [0.2, 0.25) is 0 Å². The lowest BCUT2D eigenvalue weighted by Crippen LogP contribution is -2.42. The van der Waals surface area contributed by atoms with Crippen LogP contribution in [-0.4, -0.2) is 42.9 Å². The first-order valence-electron chi connectivity index (χ1n) is 9.76. The standard InChI is InChI=1S/C20H23N3O4S3/c1-13-19(24)22-17-11-16(4-5-18(17)29-13)30(26,27)23-8-6-14(7-9-23)20(25)21-12-15-3-2-10-28-15/h2-5,10-11,13-14H,6-9,12H2,1H3,(H,21,25)(H,22,24). The SMILES string of the molecule is CC1Sc2ccc(S(=O)(=O)N3CCC(C(=O)NCc4cccs4)CC3)cc2NC1=O. The second kappa shape index (κ2) is 8.70. The summed E-state index contributed by atoms with van der Waals surface area (Å²) in [6.45, 7) is 2.92. The van der Waals surface area contributed by atoms with Gasteiger partial charge in [-0.25, -0.2) is 8.42 Å². The first-order chi connectivity index (χ1) is 14.3. The Balaban J connectivity index is 1.38. The van der Waals surface area contributed by atoms with E-state index in [2.05, 4.69) is 10.6 Å². The van der Waals surface area contributed by atoms with Gasteiger partial charge in [-0.3, -0.25) is 9.59 Å². The molecule has 3 heterocycles. The van der Waals surface area contributed by atoms with E-state index in [9.17, 15) is 18.0 Å². The van der Waals surface area contributed by atoms with Crippen molar-refractivity contribution in [3.8, 4) is 0 Å². The number of anilines is 1. The maximum Gasteiger partial charge on any atom is 0.243 e. The average Bonchev–Trinajstić information content (AvgIpc) is 3.26. The molecule has 1 aromatic carbocycles. The number of sulfonamides is 1. The molecular formula is C20H23N3O4S3. The predicted octanol–water partition coefficient (Wildman–Crippen LogP) is 2.90. The smallest absolute Gasteiger partial charge is 0.243 e. The molecule has 7 nitrogen and oxygen atoms in total. The van der Waals surface area contributed by atoms with Crippen molar-refractivity contribution in [1.29, 1.82) is 0 Å². The minimum absolute atomic E-state index is 0.0249. The maximum atomic E-state index is 13.1. The van der Waals surface area contributed by atoms with E-state index >= 15 is 0 Å². The molecule has 10 heteroatoms. The van der Waals surface area contributed by atoms with Crippen LogP contribution in [0, 0.1) is 5.92 Å². The molecule has 2 aromatic rings. The van der Waals surface area contributed by atoms with E-state index in [1.807, 2.05) is 24.4 Å². The summed E-state index contributed by atoms with van der Waals surface area (Å²) in [6.07, 6.45) is 0.981. The Hall–Kier alpha value is -1.88. The lowest BCUT2D eigenvalue weighted by Gasteiger charge is -2.31. The largest absolute Gasteiger partial charge is 0.351 e. The third-order valence-electron chi connectivity index (χ3n) is 5.36. The molecule has 2 aliphatic heterocycles. The van der Waals surface area contributed by atoms with Gasteiger partial charge in [-0.15, -0.1) is 23.1 Å². The highest BCUT2D eigenvalue weighted by Crippen LogP contribution is 2.37. The molecule has 30 heavy (non-hydrogen) atoms. The average molecular weight is 466 g/mol. The van der Waals surface area contributed by atoms with Gasteiger partial charge in [0.25, 0.3) is 0 Å². The Kier molecular flexibility index (Phi) is 6.19. The van der Waals surface area contributed by atoms with E-state index in [1.165, 1.54) is 22.1 Å². The van der Waals surface area contributed by atoms with Gasteiger partial charge in [0.05, 0.1) is 22.4 Å². The second-order valence-electron chi connectivity index (χ2n) is 7.38. The number of nitrogens with one attached hydrogen (secondary N) is 2. The third kappa shape index (κ3) is 4.41. The molecule has 0 bridgehead atoms. The Morgan fingerprint density at radius 1 is 1.27 bits per heavy atom. The quantitative estimate of drug-likeness (QED) is 0.708. The Morgan fingerprint density at radius 2 is 2.03 bits per heavy atom. The number of rotatable bonds is 5. The fraction of sp³-hybridized carbons (Fsp3) is 0.400. The zero-order valence-electron chi connectivity index (χ0n) is 16.5. The van der Waals surface area contributed by atoms with E-state index in [4.69, 9.17) is 0 Å². The lowest BCUT2D eigenvalue weighted by atomic mass is 9.97. The Labute approximate surface area is 184 Å². The summed E-state index contributed by atoms with van der Waals surface area (Å²) in [5.41, 5.74) is 0.534. The fourth-order valence-corrected chi connectivity index (χ4v) is 6.66. The van der Waals surface area contributed by atoms with Gasteiger partial charge in [-0.05, 0) is 49.4 Å². The highest BCUT2D eigenvalue weighted by atomic mass is 32.2. The van der Waals surface area contributed by atoms with E-state index < -0.39 is 10.0 Å². The van der Waals surface area contributed by atoms with Crippen molar-refractivity contribution < 1.29 is 18.0 Å². The number of nitrogens with zero attached hydrogens (tertiary/aromatic N) is 1. The van der Waals surface area contributed by atoms with Crippen LogP contribution in [0.1, 0.15) is 24.6 Å². The molecule has 0 radical (unpaired) electrons. The Morgan fingerprint density at radius 3 is 2.73 bits per heavy atom. The molecule has 0 aliphatic carbocycles. The molecule has 1 unspecified atom stereocenters. The molecule has 1 atom stereocenters. The van der Waals surface area contributed by atoms with Crippen LogP contribution < -0.4 is 10.6 Å². The van der Waals surface area contributed by atoms with Crippen LogP contribution in [-0.2, 0) is 26.2 Å². The van der Waals surface area contributed by atoms with E-state index in [1.54, 1.807) is 23.5 Å². The molecule has 1 aromatic heterocycles. The summed E-state index contributed by atoms with van der Waals surface area (Å²) in [5.74, 6) is -0.336. The van der Waals surface area contributed by atoms with Crippen molar-refractivity contribution in [3.63, 3.8) is 0 Å². The normalized spacial score (nSPS) is 20.4. The number of amides is 2. The van der Waals surface area contributed by atoms with E-state index in [0.717, 1.165) is 9.77 Å². The summed E-state index contributed by atoms with van der Waals surface area (Å²) < 4.78 is 27.6. The van der Waals surface area contributed by atoms with Gasteiger partial charge in [0, 0.05) is 28.8 Å². The first-order valence-corrected chi connectivity index (χ1v) is 13.0. The molecule has 0 spiro atoms. The van der Waals surface area contributed by atoms with Gasteiger partial charge in [0.15, 0.2) is 0 Å². The van der Waals surface area contributed by atoms with Crippen LogP contribution in [0.25, 0.3) is 0 Å². The minimum Gasteiger partial charge on any atom is -0.351 e. The van der Waals surface area contributed by atoms with Crippen molar-refractivity contribution in [2.24, 2.45) is 5.92 Å². The summed E-state index contributed by atoms with van der Waals surface area (Å²) in [6, 6.07) is 8.78. The molecule has 160 valence electrons. The summed E-state index contributed by atoms with van der Waals surface area (Å²) in [5, 5.41) is 7.49. The van der Waals surface area contributed by atoms with Gasteiger partial charge >= 0.3 is 0 Å². The van der Waals surface area contributed by atoms with Crippen molar-refractivity contribution in [3.05, 3.63) is 40.6 Å². The number of fused-ring (bicyclic) bond motifs is 1. The van der Waals surface area contributed by atoms with Crippen molar-refractivity contribution in [2.45, 2.75) is 41.4 Å². The number of carbonyl (C=O) groups excluding carboxylic acids is 2. The topological polar surface area (TPSA) is 95.6 Å². The van der Waals surface area contributed by atoms with Gasteiger partial charge < -0.3 is 10.6 Å². The molecule has 2 amide bonds. The monoisotopic (exact) mass is 465 g/mol. The minimum atomic E-state index is -3.68. The van der Waals surface area contributed by atoms with Gasteiger partial charge in [-0.1, -0.05) is 6.07 Å². The predicted molar refractivity (Wildman–Crippen MR) is 118 cm³/mol. The van der Waals surface area contributed by atoms with Crippen molar-refractivity contribution in [2.75, 3.05) is 18.4 Å². The number of hydrogen-bond donors (Lipinski definition) is 2. The first kappa shape index (κ1) is 21.4. The number of benzene rings is 1. The number of thioether (sulfide) groups is 1. The van der Waals surface area contributed by atoms with Gasteiger partial charge in [0.1, 0.15) is 0 Å². The fourth-order valence-electron chi connectivity index (χ4n) is 3.59. The van der Waals surface area contributed by atoms with Gasteiger partial charge in [0.2, 0.25) is 21.8 Å². The van der Waals surface area contributed by atoms with Gasteiger partial charge in [-0.2, -0.15) is 4.31 Å². The zero-order valence-corrected chi connectivity index (χ0v) is 18.9. The van der Waals surface area contributed by atoms with Crippen LogP contribution in [0.4, 0.5) is 5.69 Å². The van der Waals surface area contributed by atoms with Crippen LogP contribution in [0.5, 0.6) is 0 Å². The molecule has 2 aliphatic rings. The third-order valence-corrected chi connectivity index (χ3v) is 9.31. The number of carbonyl (C=O) groups is 2. The number of hydrogen-bond acceptors (Lipinski definition) is 6. The van der Waals surface area contributed by atoms with Crippen molar-refractivity contribution in [1.82, 2.24) is 9.62 Å². The van der Waals surface area contributed by atoms with E-state index in [0.29, 0.717) is 38.2 Å². The van der Waals surface area contributed by atoms with Crippen LogP contribution in [0.3, 0.4) is 0 Å². The molecule has 4 rings (SSSR count). The highest BCUT2D eigenvalue weighted by molar-refractivity contribution is 8.01. The molecular weight excluding hydrogens is 442 g/mol. The van der Waals surface area contributed by atoms with Crippen LogP contribution in [0.15, 0.2) is 45.5 Å². The second-order valence-corrected chi connectivity index (χ2v) is 11.7. The Bertz CT molecular complexity index is 1050. The maximum absolute atomic E-state index is 13.1. The van der Waals surface area contributed by atoms with Crippen LogP contribution >= 0.6 is 23.1 Å². The lowest BCUT2D eigenvalue weighted by molar-refractivity contribution is -0.126. The molecule has 2 N–H and O–H groups in total. The molecule has 1 saturated heterocycles. The molecule has 1 fully saturated rings. The molecule has 0 saturated carbocycles. The van der Waals surface area contributed by atoms with E-state index in [-0.39, 0.29) is 27.9 Å². The highest BCUT2D eigenvalue weighted by Gasteiger charge is 2.33. The summed E-state index contributed by atoms with van der Waals surface area (Å²) in [7, 11) is -3.68.